The van der Waals surface area contributed by atoms with E-state index in [1.165, 1.54) is 11.3 Å². The van der Waals surface area contributed by atoms with Gasteiger partial charge in [0.15, 0.2) is 4.88 Å². The Balaban J connectivity index is 3.02. The number of hydrogen-bond acceptors (Lipinski definition) is 4. The van der Waals surface area contributed by atoms with Crippen LogP contribution in [-0.4, -0.2) is 30.9 Å². The molecule has 0 aliphatic heterocycles. The average molecular weight is 272 g/mol. The molecule has 0 saturated heterocycles. The van der Waals surface area contributed by atoms with Crippen molar-refractivity contribution in [3.05, 3.63) is 15.8 Å². The van der Waals surface area contributed by atoms with Crippen LogP contribution in [0.3, 0.4) is 0 Å². The van der Waals surface area contributed by atoms with Gasteiger partial charge in [-0.3, -0.25) is 0 Å². The normalized spacial score (nSPS) is 13.4. The molecule has 1 heterocycles. The van der Waals surface area contributed by atoms with Gasteiger partial charge in [-0.1, -0.05) is 20.8 Å². The minimum absolute atomic E-state index is 0.0824. The number of thiophene rings is 1. The third-order valence-electron chi connectivity index (χ3n) is 2.36. The SMILES string of the molecule is COCC(C)Oc1cc(C(C)(C)C)sc1C(=O)O. The van der Waals surface area contributed by atoms with Crippen LogP contribution in [-0.2, 0) is 10.2 Å². The van der Waals surface area contributed by atoms with Crippen molar-refractivity contribution in [1.29, 1.82) is 0 Å². The highest BCUT2D eigenvalue weighted by atomic mass is 32.1. The van der Waals surface area contributed by atoms with Crippen LogP contribution in [0, 0.1) is 0 Å². The van der Waals surface area contributed by atoms with Crippen molar-refractivity contribution in [2.45, 2.75) is 39.2 Å². The summed E-state index contributed by atoms with van der Waals surface area (Å²) in [7, 11) is 1.59. The lowest BCUT2D eigenvalue weighted by Crippen LogP contribution is -2.18. The Morgan fingerprint density at radius 2 is 2.11 bits per heavy atom. The third-order valence-corrected chi connectivity index (χ3v) is 3.89. The van der Waals surface area contributed by atoms with Crippen LogP contribution >= 0.6 is 11.3 Å². The molecule has 1 unspecified atom stereocenters. The summed E-state index contributed by atoms with van der Waals surface area (Å²) in [5.41, 5.74) is -0.0824. The van der Waals surface area contributed by atoms with Crippen molar-refractivity contribution in [2.24, 2.45) is 0 Å². The molecule has 1 aromatic rings. The minimum atomic E-state index is -0.949. The lowest BCUT2D eigenvalue weighted by molar-refractivity contribution is 0.0681. The maximum absolute atomic E-state index is 11.2. The van der Waals surface area contributed by atoms with Crippen LogP contribution in [0.2, 0.25) is 0 Å². The molecule has 0 aliphatic rings. The summed E-state index contributed by atoms with van der Waals surface area (Å²) in [6.07, 6.45) is -0.171. The highest BCUT2D eigenvalue weighted by Gasteiger charge is 2.24. The smallest absolute Gasteiger partial charge is 0.349 e. The van der Waals surface area contributed by atoms with Gasteiger partial charge in [0.25, 0.3) is 0 Å². The second kappa shape index (κ2) is 5.71. The fourth-order valence-electron chi connectivity index (χ4n) is 1.47. The molecule has 0 bridgehead atoms. The first-order chi connectivity index (χ1) is 8.25. The summed E-state index contributed by atoms with van der Waals surface area (Å²) in [5.74, 6) is -0.517. The van der Waals surface area contributed by atoms with Crippen molar-refractivity contribution in [2.75, 3.05) is 13.7 Å². The lowest BCUT2D eigenvalue weighted by Gasteiger charge is -2.15. The van der Waals surface area contributed by atoms with E-state index >= 15 is 0 Å². The van der Waals surface area contributed by atoms with E-state index in [0.29, 0.717) is 12.4 Å². The van der Waals surface area contributed by atoms with Gasteiger partial charge in [-0.2, -0.15) is 0 Å². The maximum Gasteiger partial charge on any atom is 0.349 e. The molecular formula is C13H20O4S. The molecule has 102 valence electrons. The molecule has 4 nitrogen and oxygen atoms in total. The Bertz CT molecular complexity index is 417. The number of carboxylic acids is 1. The van der Waals surface area contributed by atoms with Gasteiger partial charge in [-0.25, -0.2) is 4.79 Å². The summed E-state index contributed by atoms with van der Waals surface area (Å²) < 4.78 is 10.6. The van der Waals surface area contributed by atoms with E-state index in [-0.39, 0.29) is 16.4 Å². The van der Waals surface area contributed by atoms with Crippen LogP contribution in [0.1, 0.15) is 42.2 Å². The van der Waals surface area contributed by atoms with E-state index in [4.69, 9.17) is 9.47 Å². The lowest BCUT2D eigenvalue weighted by atomic mass is 9.95. The molecular weight excluding hydrogens is 252 g/mol. The van der Waals surface area contributed by atoms with E-state index < -0.39 is 5.97 Å². The third kappa shape index (κ3) is 3.71. The van der Waals surface area contributed by atoms with Crippen molar-refractivity contribution in [3.63, 3.8) is 0 Å². The zero-order valence-corrected chi connectivity index (χ0v) is 12.3. The number of methoxy groups -OCH3 is 1. The summed E-state index contributed by atoms with van der Waals surface area (Å²) >= 11 is 1.27. The molecule has 0 amide bonds. The van der Waals surface area contributed by atoms with Crippen LogP contribution in [0.15, 0.2) is 6.07 Å². The molecule has 1 N–H and O–H groups in total. The van der Waals surface area contributed by atoms with E-state index in [9.17, 15) is 9.90 Å². The number of aromatic carboxylic acids is 1. The fraction of sp³-hybridized carbons (Fsp3) is 0.615. The molecule has 5 heteroatoms. The van der Waals surface area contributed by atoms with Crippen molar-refractivity contribution >= 4 is 17.3 Å². The van der Waals surface area contributed by atoms with Gasteiger partial charge in [0.1, 0.15) is 11.9 Å². The van der Waals surface area contributed by atoms with Crippen molar-refractivity contribution in [3.8, 4) is 5.75 Å². The van der Waals surface area contributed by atoms with Crippen LogP contribution in [0.5, 0.6) is 5.75 Å². The van der Waals surface area contributed by atoms with Gasteiger partial charge >= 0.3 is 5.97 Å². The summed E-state index contributed by atoms with van der Waals surface area (Å²) in [4.78, 5) is 12.5. The van der Waals surface area contributed by atoms with Gasteiger partial charge in [0.05, 0.1) is 6.61 Å². The number of ether oxygens (including phenoxy) is 2. The Labute approximate surface area is 112 Å². The highest BCUT2D eigenvalue weighted by Crippen LogP contribution is 2.37. The Kier molecular flexibility index (Phi) is 4.76. The maximum atomic E-state index is 11.2. The highest BCUT2D eigenvalue weighted by molar-refractivity contribution is 7.14. The molecule has 0 aromatic carbocycles. The molecule has 18 heavy (non-hydrogen) atoms. The van der Waals surface area contributed by atoms with Gasteiger partial charge in [-0.05, 0) is 18.4 Å². The number of carboxylic acid groups (broad SMARTS) is 1. The van der Waals surface area contributed by atoms with Crippen molar-refractivity contribution < 1.29 is 19.4 Å². The molecule has 0 radical (unpaired) electrons. The Morgan fingerprint density at radius 1 is 1.50 bits per heavy atom. The summed E-state index contributed by atoms with van der Waals surface area (Å²) in [6, 6.07) is 1.82. The number of hydrogen-bond donors (Lipinski definition) is 1. The first kappa shape index (κ1) is 15.0. The van der Waals surface area contributed by atoms with Crippen LogP contribution < -0.4 is 4.74 Å². The predicted molar refractivity (Wildman–Crippen MR) is 71.9 cm³/mol. The molecule has 0 spiro atoms. The predicted octanol–water partition coefficient (Wildman–Crippen LogP) is 3.16. The molecule has 0 aliphatic carbocycles. The van der Waals surface area contributed by atoms with Gasteiger partial charge in [0, 0.05) is 12.0 Å². The average Bonchev–Trinajstić information content (AvgIpc) is 2.61. The zero-order valence-electron chi connectivity index (χ0n) is 11.4. The molecule has 1 atom stereocenters. The second-order valence-corrected chi connectivity index (χ2v) is 6.30. The Hall–Kier alpha value is -1.07. The fourth-order valence-corrected chi connectivity index (χ4v) is 2.45. The van der Waals surface area contributed by atoms with Crippen LogP contribution in [0.4, 0.5) is 0 Å². The van der Waals surface area contributed by atoms with Gasteiger partial charge in [0.2, 0.25) is 0 Å². The van der Waals surface area contributed by atoms with E-state index in [0.717, 1.165) is 4.88 Å². The zero-order chi connectivity index (χ0) is 13.9. The quantitative estimate of drug-likeness (QED) is 0.894. The summed E-state index contributed by atoms with van der Waals surface area (Å²) in [5, 5.41) is 9.19. The van der Waals surface area contributed by atoms with E-state index in [1.54, 1.807) is 7.11 Å². The standard InChI is InChI=1S/C13H20O4S/c1-8(7-16-5)17-9-6-10(13(2,3)4)18-11(9)12(14)15/h6,8H,7H2,1-5H3,(H,14,15). The number of rotatable bonds is 5. The monoisotopic (exact) mass is 272 g/mol. The molecule has 0 fully saturated rings. The first-order valence-electron chi connectivity index (χ1n) is 5.79. The molecule has 1 aromatic heterocycles. The van der Waals surface area contributed by atoms with Gasteiger partial charge in [-0.15, -0.1) is 11.3 Å². The van der Waals surface area contributed by atoms with E-state index in [1.807, 2.05) is 33.8 Å². The summed E-state index contributed by atoms with van der Waals surface area (Å²) in [6.45, 7) is 8.43. The first-order valence-corrected chi connectivity index (χ1v) is 6.60. The van der Waals surface area contributed by atoms with Gasteiger partial charge < -0.3 is 14.6 Å². The molecule has 1 rings (SSSR count). The van der Waals surface area contributed by atoms with Crippen molar-refractivity contribution in [1.82, 2.24) is 0 Å². The van der Waals surface area contributed by atoms with Crippen LogP contribution in [0.25, 0.3) is 0 Å². The minimum Gasteiger partial charge on any atom is -0.487 e. The second-order valence-electron chi connectivity index (χ2n) is 5.24. The topological polar surface area (TPSA) is 55.8 Å². The largest absolute Gasteiger partial charge is 0.487 e. The number of carbonyl (C=O) groups is 1. The molecule has 0 saturated carbocycles. The Morgan fingerprint density at radius 3 is 2.56 bits per heavy atom. The van der Waals surface area contributed by atoms with E-state index in [2.05, 4.69) is 0 Å².